The first-order valence-electron chi connectivity index (χ1n) is 5.42. The van der Waals surface area contributed by atoms with E-state index >= 15 is 0 Å². The van der Waals surface area contributed by atoms with Crippen LogP contribution in [0, 0.1) is 11.3 Å². The van der Waals surface area contributed by atoms with Gasteiger partial charge in [0.15, 0.2) is 0 Å². The molecule has 1 aromatic rings. The number of halogens is 1. The van der Waals surface area contributed by atoms with E-state index < -0.39 is 0 Å². The summed E-state index contributed by atoms with van der Waals surface area (Å²) in [5.41, 5.74) is 1.45. The number of rotatable bonds is 3. The van der Waals surface area contributed by atoms with E-state index in [1.165, 1.54) is 0 Å². The average Bonchev–Trinajstić information content (AvgIpc) is 2.38. The van der Waals surface area contributed by atoms with Crippen LogP contribution in [0.15, 0.2) is 22.7 Å². The first kappa shape index (κ1) is 12.4. The lowest BCUT2D eigenvalue weighted by Crippen LogP contribution is -2.34. The molecule has 1 unspecified atom stereocenters. The molecule has 1 aromatic carbocycles. The predicted octanol–water partition coefficient (Wildman–Crippen LogP) is 2.15. The van der Waals surface area contributed by atoms with Crippen LogP contribution in [0.2, 0.25) is 0 Å². The van der Waals surface area contributed by atoms with Crippen molar-refractivity contribution < 1.29 is 9.47 Å². The summed E-state index contributed by atoms with van der Waals surface area (Å²) in [5.74, 6) is 0. The molecule has 0 spiro atoms. The van der Waals surface area contributed by atoms with E-state index in [1.54, 1.807) is 6.07 Å². The van der Waals surface area contributed by atoms with Crippen LogP contribution in [-0.4, -0.2) is 32.5 Å². The number of benzene rings is 1. The summed E-state index contributed by atoms with van der Waals surface area (Å²) in [6.07, 6.45) is 0.0503. The molecule has 0 bridgehead atoms. The summed E-state index contributed by atoms with van der Waals surface area (Å²) >= 11 is 3.39. The molecule has 0 aromatic heterocycles. The molecule has 1 aliphatic rings. The Balaban J connectivity index is 1.98. The third kappa shape index (κ3) is 3.43. The molecule has 2 rings (SSSR count). The number of nitriles is 1. The van der Waals surface area contributed by atoms with Crippen LogP contribution in [-0.2, 0) is 9.47 Å². The number of ether oxygens (including phenoxy) is 2. The molecule has 1 fully saturated rings. The molecule has 0 radical (unpaired) electrons. The van der Waals surface area contributed by atoms with Crippen molar-refractivity contribution in [3.8, 4) is 6.07 Å². The maximum atomic E-state index is 8.99. The minimum absolute atomic E-state index is 0.0503. The highest BCUT2D eigenvalue weighted by Crippen LogP contribution is 2.21. The molecule has 17 heavy (non-hydrogen) atoms. The maximum Gasteiger partial charge on any atom is 0.101 e. The van der Waals surface area contributed by atoms with Crippen molar-refractivity contribution >= 4 is 21.6 Å². The van der Waals surface area contributed by atoms with Crippen LogP contribution >= 0.6 is 15.9 Å². The molecule has 1 heterocycles. The summed E-state index contributed by atoms with van der Waals surface area (Å²) < 4.78 is 11.8. The first-order valence-corrected chi connectivity index (χ1v) is 6.22. The lowest BCUT2D eigenvalue weighted by molar-refractivity contribution is -0.0818. The third-order valence-electron chi connectivity index (χ3n) is 2.51. The van der Waals surface area contributed by atoms with E-state index in [-0.39, 0.29) is 6.10 Å². The summed E-state index contributed by atoms with van der Waals surface area (Å²) in [7, 11) is 0. The molecular formula is C12H13BrN2O2. The van der Waals surface area contributed by atoms with Gasteiger partial charge in [-0.15, -0.1) is 0 Å². The lowest BCUT2D eigenvalue weighted by Gasteiger charge is -2.23. The van der Waals surface area contributed by atoms with Gasteiger partial charge in [0.2, 0.25) is 0 Å². The van der Waals surface area contributed by atoms with Gasteiger partial charge in [-0.3, -0.25) is 0 Å². The molecule has 4 nitrogen and oxygen atoms in total. The minimum atomic E-state index is 0.0503. The van der Waals surface area contributed by atoms with E-state index in [1.807, 2.05) is 12.1 Å². The van der Waals surface area contributed by atoms with Gasteiger partial charge >= 0.3 is 0 Å². The Hall–Kier alpha value is -1.09. The zero-order valence-electron chi connectivity index (χ0n) is 9.28. The lowest BCUT2D eigenvalue weighted by atomic mass is 10.2. The highest BCUT2D eigenvalue weighted by Gasteiger charge is 2.14. The first-order chi connectivity index (χ1) is 8.29. The molecule has 1 N–H and O–H groups in total. The topological polar surface area (TPSA) is 54.3 Å². The molecule has 90 valence electrons. The average molecular weight is 297 g/mol. The summed E-state index contributed by atoms with van der Waals surface area (Å²) in [4.78, 5) is 0. The maximum absolute atomic E-state index is 8.99. The van der Waals surface area contributed by atoms with E-state index in [2.05, 4.69) is 27.3 Å². The van der Waals surface area contributed by atoms with Crippen molar-refractivity contribution in [2.75, 3.05) is 31.7 Å². The van der Waals surface area contributed by atoms with Crippen LogP contribution < -0.4 is 5.32 Å². The molecule has 1 atom stereocenters. The van der Waals surface area contributed by atoms with Crippen LogP contribution in [0.5, 0.6) is 0 Å². The van der Waals surface area contributed by atoms with Gasteiger partial charge < -0.3 is 14.8 Å². The van der Waals surface area contributed by atoms with Crippen molar-refractivity contribution in [1.82, 2.24) is 0 Å². The Morgan fingerprint density at radius 1 is 1.47 bits per heavy atom. The summed E-state index contributed by atoms with van der Waals surface area (Å²) in [6, 6.07) is 7.68. The normalized spacial score (nSPS) is 19.6. The molecule has 0 saturated carbocycles. The largest absolute Gasteiger partial charge is 0.381 e. The fraction of sp³-hybridized carbons (Fsp3) is 0.417. The van der Waals surface area contributed by atoms with Crippen molar-refractivity contribution in [2.24, 2.45) is 0 Å². The van der Waals surface area contributed by atoms with E-state index in [4.69, 9.17) is 14.7 Å². The Bertz CT molecular complexity index is 425. The molecule has 1 saturated heterocycles. The second-order valence-corrected chi connectivity index (χ2v) is 4.67. The highest BCUT2D eigenvalue weighted by atomic mass is 79.9. The molecule has 1 aliphatic heterocycles. The fourth-order valence-electron chi connectivity index (χ4n) is 1.64. The highest BCUT2D eigenvalue weighted by molar-refractivity contribution is 9.10. The second kappa shape index (κ2) is 6.01. The Morgan fingerprint density at radius 3 is 3.06 bits per heavy atom. The van der Waals surface area contributed by atoms with Crippen molar-refractivity contribution in [1.29, 1.82) is 5.26 Å². The van der Waals surface area contributed by atoms with Gasteiger partial charge in [0, 0.05) is 11.0 Å². The van der Waals surface area contributed by atoms with Crippen molar-refractivity contribution in [2.45, 2.75) is 6.10 Å². The number of hydrogen-bond donors (Lipinski definition) is 1. The van der Waals surface area contributed by atoms with E-state index in [0.29, 0.717) is 31.9 Å². The monoisotopic (exact) mass is 296 g/mol. The van der Waals surface area contributed by atoms with Gasteiger partial charge in [-0.05, 0) is 18.2 Å². The van der Waals surface area contributed by atoms with E-state index in [9.17, 15) is 0 Å². The zero-order valence-corrected chi connectivity index (χ0v) is 10.9. The van der Waals surface area contributed by atoms with Gasteiger partial charge in [0.05, 0.1) is 37.2 Å². The van der Waals surface area contributed by atoms with Gasteiger partial charge in [0.1, 0.15) is 6.07 Å². The Morgan fingerprint density at radius 2 is 2.35 bits per heavy atom. The van der Waals surface area contributed by atoms with Crippen LogP contribution in [0.25, 0.3) is 0 Å². The zero-order chi connectivity index (χ0) is 12.1. The number of nitrogens with zero attached hydrogens (tertiary/aromatic N) is 1. The van der Waals surface area contributed by atoms with E-state index in [0.717, 1.165) is 10.2 Å². The molecule has 0 amide bonds. The predicted molar refractivity (Wildman–Crippen MR) is 67.9 cm³/mol. The van der Waals surface area contributed by atoms with Crippen molar-refractivity contribution in [3.63, 3.8) is 0 Å². The molecule has 5 heteroatoms. The molecule has 0 aliphatic carbocycles. The number of anilines is 1. The fourth-order valence-corrected chi connectivity index (χ4v) is 2.00. The quantitative estimate of drug-likeness (QED) is 0.929. The minimum Gasteiger partial charge on any atom is -0.381 e. The Labute approximate surface area is 109 Å². The SMILES string of the molecule is N#Cc1ccc(Br)cc1NCC1COCCO1. The van der Waals surface area contributed by atoms with Crippen LogP contribution in [0.4, 0.5) is 5.69 Å². The van der Waals surface area contributed by atoms with Crippen LogP contribution in [0.3, 0.4) is 0 Å². The van der Waals surface area contributed by atoms with Gasteiger partial charge in [0.25, 0.3) is 0 Å². The standard InChI is InChI=1S/C12H13BrN2O2/c13-10-2-1-9(6-14)12(5-10)15-7-11-8-16-3-4-17-11/h1-2,5,11,15H,3-4,7-8H2. The van der Waals surface area contributed by atoms with Crippen LogP contribution in [0.1, 0.15) is 5.56 Å². The smallest absolute Gasteiger partial charge is 0.101 e. The second-order valence-electron chi connectivity index (χ2n) is 3.75. The number of nitrogens with one attached hydrogen (secondary N) is 1. The third-order valence-corrected chi connectivity index (χ3v) is 3.00. The Kier molecular flexibility index (Phi) is 4.37. The number of hydrogen-bond acceptors (Lipinski definition) is 4. The van der Waals surface area contributed by atoms with Gasteiger partial charge in [-0.2, -0.15) is 5.26 Å². The van der Waals surface area contributed by atoms with Crippen molar-refractivity contribution in [3.05, 3.63) is 28.2 Å². The summed E-state index contributed by atoms with van der Waals surface area (Å²) in [6.45, 7) is 2.54. The van der Waals surface area contributed by atoms with Gasteiger partial charge in [-0.25, -0.2) is 0 Å². The van der Waals surface area contributed by atoms with Gasteiger partial charge in [-0.1, -0.05) is 15.9 Å². The molecular weight excluding hydrogens is 284 g/mol. The summed E-state index contributed by atoms with van der Waals surface area (Å²) in [5, 5.41) is 12.2.